The van der Waals surface area contributed by atoms with E-state index in [2.05, 4.69) is 17.4 Å². The number of nitrogens with one attached hydrogen (secondary N) is 1. The molecule has 188 valence electrons. The minimum absolute atomic E-state index is 0.0592. The Kier molecular flexibility index (Phi) is 8.13. The van der Waals surface area contributed by atoms with Gasteiger partial charge in [0.25, 0.3) is 0 Å². The highest BCUT2D eigenvalue weighted by Gasteiger charge is 2.24. The molecule has 0 aliphatic carbocycles. The van der Waals surface area contributed by atoms with E-state index in [1.165, 1.54) is 15.9 Å². The van der Waals surface area contributed by atoms with Gasteiger partial charge in [0.1, 0.15) is 6.54 Å². The number of aryl methyl sites for hydroxylation is 1. The van der Waals surface area contributed by atoms with Crippen molar-refractivity contribution in [1.29, 1.82) is 0 Å². The molecule has 7 nitrogen and oxygen atoms in total. The van der Waals surface area contributed by atoms with Crippen LogP contribution in [0.3, 0.4) is 0 Å². The van der Waals surface area contributed by atoms with E-state index in [1.807, 2.05) is 60.9 Å². The number of hydrogen-bond donors (Lipinski definition) is 1. The molecule has 36 heavy (non-hydrogen) atoms. The number of sulfonamides is 1. The molecule has 0 atom stereocenters. The molecule has 3 aromatic carbocycles. The van der Waals surface area contributed by atoms with Crippen LogP contribution in [-0.4, -0.2) is 41.3 Å². The van der Waals surface area contributed by atoms with Crippen molar-refractivity contribution >= 4 is 44.4 Å². The fourth-order valence-electron chi connectivity index (χ4n) is 4.04. The van der Waals surface area contributed by atoms with Crippen LogP contribution in [0.25, 0.3) is 11.0 Å². The highest BCUT2D eigenvalue weighted by Crippen LogP contribution is 2.28. The van der Waals surface area contributed by atoms with Crippen LogP contribution < -0.4 is 5.32 Å². The Bertz CT molecular complexity index is 1460. The number of aromatic nitrogens is 2. The second-order valence-corrected chi connectivity index (χ2v) is 11.2. The Hall–Kier alpha value is -3.14. The number of nitrogens with zero attached hydrogens (tertiary/aromatic N) is 3. The molecular formula is C27H30N4O3S2. The number of thioether (sulfide) groups is 1. The highest BCUT2D eigenvalue weighted by atomic mass is 32.2. The number of carbonyl (C=O) groups excluding carboxylic acids is 1. The molecule has 0 spiro atoms. The van der Waals surface area contributed by atoms with Crippen molar-refractivity contribution in [3.63, 3.8) is 0 Å². The lowest BCUT2D eigenvalue weighted by molar-refractivity contribution is -0.116. The summed E-state index contributed by atoms with van der Waals surface area (Å²) in [5.74, 6) is 0.478. The van der Waals surface area contributed by atoms with Crippen molar-refractivity contribution in [2.75, 3.05) is 18.4 Å². The van der Waals surface area contributed by atoms with Crippen molar-refractivity contribution < 1.29 is 13.2 Å². The van der Waals surface area contributed by atoms with Crippen LogP contribution in [0.5, 0.6) is 0 Å². The maximum atomic E-state index is 13.1. The number of fused-ring (bicyclic) bond motifs is 1. The number of para-hydroxylation sites is 2. The SMILES string of the molecule is CCN(CC)S(=O)(=O)c1cc(NC(=O)Cn2c(SCc3ccccc3)nc3ccccc32)ccc1C. The summed E-state index contributed by atoms with van der Waals surface area (Å²) in [6.45, 7) is 6.20. The third-order valence-corrected chi connectivity index (χ3v) is 9.17. The molecule has 0 saturated carbocycles. The van der Waals surface area contributed by atoms with Gasteiger partial charge in [-0.2, -0.15) is 4.31 Å². The lowest BCUT2D eigenvalue weighted by atomic mass is 10.2. The maximum Gasteiger partial charge on any atom is 0.244 e. The van der Waals surface area contributed by atoms with Crippen molar-refractivity contribution in [3.05, 3.63) is 83.9 Å². The van der Waals surface area contributed by atoms with Crippen molar-refractivity contribution in [3.8, 4) is 0 Å². The summed E-state index contributed by atoms with van der Waals surface area (Å²) in [6.07, 6.45) is 0. The summed E-state index contributed by atoms with van der Waals surface area (Å²) in [6, 6.07) is 22.8. The van der Waals surface area contributed by atoms with Gasteiger partial charge in [-0.05, 0) is 42.3 Å². The number of benzene rings is 3. The van der Waals surface area contributed by atoms with Crippen LogP contribution in [0.1, 0.15) is 25.0 Å². The molecule has 4 aromatic rings. The molecule has 0 fully saturated rings. The number of carbonyl (C=O) groups is 1. The molecule has 1 heterocycles. The average Bonchev–Trinajstić information content (AvgIpc) is 3.22. The summed E-state index contributed by atoms with van der Waals surface area (Å²) in [5.41, 5.74) is 3.95. The van der Waals surface area contributed by atoms with E-state index in [0.29, 0.717) is 24.3 Å². The van der Waals surface area contributed by atoms with Gasteiger partial charge in [0, 0.05) is 24.5 Å². The first-order chi connectivity index (χ1) is 17.3. The molecule has 0 radical (unpaired) electrons. The number of amides is 1. The van der Waals surface area contributed by atoms with Crippen LogP contribution in [0.15, 0.2) is 82.8 Å². The minimum Gasteiger partial charge on any atom is -0.324 e. The van der Waals surface area contributed by atoms with Gasteiger partial charge >= 0.3 is 0 Å². The molecule has 0 aliphatic rings. The van der Waals surface area contributed by atoms with Crippen LogP contribution >= 0.6 is 11.8 Å². The number of hydrogen-bond acceptors (Lipinski definition) is 5. The van der Waals surface area contributed by atoms with Gasteiger partial charge in [-0.25, -0.2) is 13.4 Å². The average molecular weight is 523 g/mol. The van der Waals surface area contributed by atoms with Gasteiger partial charge in [-0.15, -0.1) is 0 Å². The zero-order valence-corrected chi connectivity index (χ0v) is 22.3. The first-order valence-electron chi connectivity index (χ1n) is 11.9. The lowest BCUT2D eigenvalue weighted by Gasteiger charge is -2.20. The van der Waals surface area contributed by atoms with Gasteiger partial charge in [-0.3, -0.25) is 4.79 Å². The van der Waals surface area contributed by atoms with Gasteiger partial charge in [0.05, 0.1) is 15.9 Å². The smallest absolute Gasteiger partial charge is 0.244 e. The third kappa shape index (κ3) is 5.64. The molecule has 1 N–H and O–H groups in total. The molecule has 4 rings (SSSR count). The summed E-state index contributed by atoms with van der Waals surface area (Å²) >= 11 is 1.58. The van der Waals surface area contributed by atoms with Crippen molar-refractivity contribution in [2.24, 2.45) is 0 Å². The first-order valence-corrected chi connectivity index (χ1v) is 14.3. The molecule has 0 bridgehead atoms. The predicted octanol–water partition coefficient (Wildman–Crippen LogP) is 5.31. The number of imidazole rings is 1. The largest absolute Gasteiger partial charge is 0.324 e. The Morgan fingerprint density at radius 2 is 1.69 bits per heavy atom. The van der Waals surface area contributed by atoms with E-state index in [0.717, 1.165) is 21.9 Å². The van der Waals surface area contributed by atoms with E-state index in [4.69, 9.17) is 4.98 Å². The zero-order chi connectivity index (χ0) is 25.7. The Morgan fingerprint density at radius 3 is 2.42 bits per heavy atom. The Balaban J connectivity index is 1.57. The molecule has 1 amide bonds. The first kappa shape index (κ1) is 25.9. The molecule has 0 unspecified atom stereocenters. The number of anilines is 1. The minimum atomic E-state index is -3.65. The van der Waals surface area contributed by atoms with E-state index < -0.39 is 10.0 Å². The second-order valence-electron chi connectivity index (χ2n) is 8.36. The summed E-state index contributed by atoms with van der Waals surface area (Å²) in [4.78, 5) is 18.1. The quantitative estimate of drug-likeness (QED) is 0.286. The standard InChI is InChI=1S/C27H30N4O3S2/c1-4-30(5-2)36(33,34)25-17-22(16-15-20(25)3)28-26(32)18-31-24-14-10-9-13-23(24)29-27(31)35-19-21-11-7-6-8-12-21/h6-17H,4-5,18-19H2,1-3H3,(H,28,32). The van der Waals surface area contributed by atoms with Crippen LogP contribution in [0.4, 0.5) is 5.69 Å². The molecule has 9 heteroatoms. The van der Waals surface area contributed by atoms with Gasteiger partial charge in [0.15, 0.2) is 5.16 Å². The number of rotatable bonds is 10. The fraction of sp³-hybridized carbons (Fsp3) is 0.259. The summed E-state index contributed by atoms with van der Waals surface area (Å²) in [7, 11) is -3.65. The van der Waals surface area contributed by atoms with Crippen molar-refractivity contribution in [2.45, 2.75) is 43.1 Å². The van der Waals surface area contributed by atoms with Gasteiger partial charge < -0.3 is 9.88 Å². The Morgan fingerprint density at radius 1 is 1.00 bits per heavy atom. The zero-order valence-electron chi connectivity index (χ0n) is 20.6. The fourth-order valence-corrected chi connectivity index (χ4v) is 6.72. The van der Waals surface area contributed by atoms with Gasteiger partial charge in [-0.1, -0.05) is 74.1 Å². The van der Waals surface area contributed by atoms with E-state index in [1.54, 1.807) is 30.8 Å². The normalized spacial score (nSPS) is 11.8. The lowest BCUT2D eigenvalue weighted by Crippen LogP contribution is -2.31. The van der Waals surface area contributed by atoms with Crippen LogP contribution in [-0.2, 0) is 27.1 Å². The van der Waals surface area contributed by atoms with E-state index >= 15 is 0 Å². The molecule has 0 saturated heterocycles. The van der Waals surface area contributed by atoms with Crippen LogP contribution in [0, 0.1) is 6.92 Å². The molecule has 0 aliphatic heterocycles. The maximum absolute atomic E-state index is 13.1. The Labute approximate surface area is 216 Å². The topological polar surface area (TPSA) is 84.3 Å². The van der Waals surface area contributed by atoms with Gasteiger partial charge in [0.2, 0.25) is 15.9 Å². The summed E-state index contributed by atoms with van der Waals surface area (Å²) < 4.78 is 29.5. The van der Waals surface area contributed by atoms with E-state index in [9.17, 15) is 13.2 Å². The van der Waals surface area contributed by atoms with Crippen molar-refractivity contribution in [1.82, 2.24) is 13.9 Å². The van der Waals surface area contributed by atoms with E-state index in [-0.39, 0.29) is 17.3 Å². The second kappa shape index (κ2) is 11.3. The van der Waals surface area contributed by atoms with Crippen LogP contribution in [0.2, 0.25) is 0 Å². The third-order valence-electron chi connectivity index (χ3n) is 5.93. The molecular weight excluding hydrogens is 492 g/mol. The molecule has 1 aromatic heterocycles. The monoisotopic (exact) mass is 522 g/mol. The predicted molar refractivity (Wildman–Crippen MR) is 146 cm³/mol. The highest BCUT2D eigenvalue weighted by molar-refractivity contribution is 7.98. The summed E-state index contributed by atoms with van der Waals surface area (Å²) in [5, 5.41) is 3.63.